The van der Waals surface area contributed by atoms with Crippen LogP contribution in [0.15, 0.2) is 78.9 Å². The van der Waals surface area contributed by atoms with Gasteiger partial charge in [-0.3, -0.25) is 0 Å². The fraction of sp³-hybridized carbons (Fsp3) is 0.233. The molecule has 0 fully saturated rings. The molecule has 2 atom stereocenters. The molecule has 186 valence electrons. The molecule has 1 heterocycles. The van der Waals surface area contributed by atoms with Gasteiger partial charge in [-0.25, -0.2) is 9.18 Å². The number of carboxylic acids is 1. The highest BCUT2D eigenvalue weighted by Crippen LogP contribution is 2.42. The second-order valence-electron chi connectivity index (χ2n) is 9.10. The Morgan fingerprint density at radius 3 is 2.61 bits per heavy atom. The summed E-state index contributed by atoms with van der Waals surface area (Å²) in [7, 11) is 0. The van der Waals surface area contributed by atoms with Crippen LogP contribution in [-0.4, -0.2) is 30.3 Å². The Kier molecular flexibility index (Phi) is 7.92. The smallest absolute Gasteiger partial charge is 0.335 e. The lowest BCUT2D eigenvalue weighted by Gasteiger charge is -2.33. The van der Waals surface area contributed by atoms with E-state index in [1.807, 2.05) is 24.3 Å². The summed E-state index contributed by atoms with van der Waals surface area (Å²) in [6.45, 7) is 3.11. The van der Waals surface area contributed by atoms with E-state index in [4.69, 9.17) is 4.74 Å². The van der Waals surface area contributed by atoms with E-state index in [1.165, 1.54) is 28.5 Å². The van der Waals surface area contributed by atoms with Crippen LogP contribution in [0.25, 0.3) is 10.8 Å². The number of benzene rings is 4. The van der Waals surface area contributed by atoms with Crippen molar-refractivity contribution in [2.45, 2.75) is 31.8 Å². The minimum Gasteiger partial charge on any atom is -0.489 e. The van der Waals surface area contributed by atoms with E-state index in [-0.39, 0.29) is 35.8 Å². The number of hydrogen-bond donors (Lipinski definition) is 2. The molecular formula is C30H29ClFNO3. The standard InChI is InChI=1S/C30H28FNO3.ClH/c1-19-23(30(33)34)13-14-27(31)29(19)26-17-22(35-28-12-5-4-11-25(26)28)18-32-16-15-21-9-6-8-20-7-2-3-10-24(20)21;/h2-14,22,26,32H,15-18H2,1H3,(H,33,34);1H/t22-,26-;/m1./s1. The molecule has 0 spiro atoms. The largest absolute Gasteiger partial charge is 0.489 e. The SMILES string of the molecule is Cc1c(C(=O)O)ccc(F)c1[C@@H]1C[C@H](CNCCc2cccc3ccccc23)Oc2ccccc21.Cl. The average Bonchev–Trinajstić information content (AvgIpc) is 2.86. The van der Waals surface area contributed by atoms with Gasteiger partial charge in [-0.2, -0.15) is 0 Å². The third-order valence-corrected chi connectivity index (χ3v) is 6.95. The Balaban J connectivity index is 0.00000304. The summed E-state index contributed by atoms with van der Waals surface area (Å²) in [6.07, 6.45) is 1.30. The lowest BCUT2D eigenvalue weighted by Crippen LogP contribution is -2.37. The summed E-state index contributed by atoms with van der Waals surface area (Å²) in [5.41, 5.74) is 3.24. The molecule has 0 saturated carbocycles. The Morgan fingerprint density at radius 1 is 1.03 bits per heavy atom. The topological polar surface area (TPSA) is 58.6 Å². The van der Waals surface area contributed by atoms with E-state index >= 15 is 4.39 Å². The van der Waals surface area contributed by atoms with E-state index < -0.39 is 5.97 Å². The Hall–Kier alpha value is -3.41. The van der Waals surface area contributed by atoms with Gasteiger partial charge in [0.15, 0.2) is 0 Å². The molecule has 0 bridgehead atoms. The van der Waals surface area contributed by atoms with Crippen molar-refractivity contribution in [1.82, 2.24) is 5.32 Å². The minimum atomic E-state index is -1.05. The molecule has 0 aliphatic carbocycles. The molecule has 0 radical (unpaired) electrons. The van der Waals surface area contributed by atoms with Gasteiger partial charge in [-0.15, -0.1) is 12.4 Å². The summed E-state index contributed by atoms with van der Waals surface area (Å²) in [4.78, 5) is 11.7. The van der Waals surface area contributed by atoms with Gasteiger partial charge in [-0.1, -0.05) is 60.7 Å². The summed E-state index contributed by atoms with van der Waals surface area (Å²) in [5.74, 6) is -0.971. The summed E-state index contributed by atoms with van der Waals surface area (Å²) in [6, 6.07) is 25.0. The van der Waals surface area contributed by atoms with E-state index in [2.05, 4.69) is 47.8 Å². The first-order valence-corrected chi connectivity index (χ1v) is 12.0. The number of fused-ring (bicyclic) bond motifs is 2. The van der Waals surface area contributed by atoms with Gasteiger partial charge in [-0.05, 0) is 72.0 Å². The highest BCUT2D eigenvalue weighted by atomic mass is 35.5. The summed E-state index contributed by atoms with van der Waals surface area (Å²) in [5, 5.41) is 15.6. The summed E-state index contributed by atoms with van der Waals surface area (Å²) >= 11 is 0. The van der Waals surface area contributed by atoms with Crippen molar-refractivity contribution in [3.8, 4) is 5.75 Å². The lowest BCUT2D eigenvalue weighted by molar-refractivity contribution is 0.0696. The lowest BCUT2D eigenvalue weighted by atomic mass is 9.81. The van der Waals surface area contributed by atoms with Gasteiger partial charge in [0, 0.05) is 18.0 Å². The molecule has 4 aromatic rings. The van der Waals surface area contributed by atoms with Crippen LogP contribution in [0.2, 0.25) is 0 Å². The zero-order chi connectivity index (χ0) is 24.4. The van der Waals surface area contributed by atoms with Crippen LogP contribution in [0.1, 0.15) is 45.0 Å². The maximum Gasteiger partial charge on any atom is 0.335 e. The van der Waals surface area contributed by atoms with Crippen molar-refractivity contribution >= 4 is 29.1 Å². The number of aromatic carboxylic acids is 1. The van der Waals surface area contributed by atoms with Crippen molar-refractivity contribution in [1.29, 1.82) is 0 Å². The molecule has 2 N–H and O–H groups in total. The maximum atomic E-state index is 15.1. The first-order valence-electron chi connectivity index (χ1n) is 12.0. The molecule has 4 aromatic carbocycles. The van der Waals surface area contributed by atoms with E-state index in [1.54, 1.807) is 6.92 Å². The zero-order valence-corrected chi connectivity index (χ0v) is 20.9. The van der Waals surface area contributed by atoms with Crippen LogP contribution in [0.3, 0.4) is 0 Å². The van der Waals surface area contributed by atoms with Crippen molar-refractivity contribution < 1.29 is 19.0 Å². The van der Waals surface area contributed by atoms with Crippen LogP contribution in [-0.2, 0) is 6.42 Å². The fourth-order valence-corrected chi connectivity index (χ4v) is 5.24. The molecule has 1 aliphatic rings. The third-order valence-electron chi connectivity index (χ3n) is 6.95. The average molecular weight is 506 g/mol. The van der Waals surface area contributed by atoms with Gasteiger partial charge >= 0.3 is 5.97 Å². The minimum absolute atomic E-state index is 0. The van der Waals surface area contributed by atoms with Crippen LogP contribution in [0.4, 0.5) is 4.39 Å². The number of ether oxygens (including phenoxy) is 1. The third kappa shape index (κ3) is 5.08. The van der Waals surface area contributed by atoms with Crippen LogP contribution in [0, 0.1) is 12.7 Å². The molecule has 6 heteroatoms. The van der Waals surface area contributed by atoms with Gasteiger partial charge < -0.3 is 15.2 Å². The van der Waals surface area contributed by atoms with Gasteiger partial charge in [0.25, 0.3) is 0 Å². The quantitative estimate of drug-likeness (QED) is 0.281. The predicted molar refractivity (Wildman–Crippen MR) is 143 cm³/mol. The van der Waals surface area contributed by atoms with Crippen molar-refractivity contribution in [2.24, 2.45) is 0 Å². The number of nitrogens with one attached hydrogen (secondary N) is 1. The van der Waals surface area contributed by atoms with E-state index in [0.29, 0.717) is 24.1 Å². The molecule has 0 amide bonds. The van der Waals surface area contributed by atoms with Crippen LogP contribution in [0.5, 0.6) is 5.75 Å². The Bertz CT molecular complexity index is 1380. The molecule has 0 aromatic heterocycles. The highest BCUT2D eigenvalue weighted by molar-refractivity contribution is 5.90. The molecule has 0 unspecified atom stereocenters. The van der Waals surface area contributed by atoms with Gasteiger partial charge in [0.2, 0.25) is 0 Å². The number of carboxylic acid groups (broad SMARTS) is 1. The predicted octanol–water partition coefficient (Wildman–Crippen LogP) is 6.52. The highest BCUT2D eigenvalue weighted by Gasteiger charge is 2.32. The van der Waals surface area contributed by atoms with Gasteiger partial charge in [0.05, 0.1) is 5.56 Å². The molecule has 1 aliphatic heterocycles. The number of para-hydroxylation sites is 1. The van der Waals surface area contributed by atoms with Crippen LogP contribution < -0.4 is 10.1 Å². The number of halogens is 2. The number of carbonyl (C=O) groups is 1. The second kappa shape index (κ2) is 11.1. The van der Waals surface area contributed by atoms with Gasteiger partial charge in [0.1, 0.15) is 17.7 Å². The zero-order valence-electron chi connectivity index (χ0n) is 20.0. The number of hydrogen-bond acceptors (Lipinski definition) is 3. The molecule has 4 nitrogen and oxygen atoms in total. The maximum absolute atomic E-state index is 15.1. The molecular weight excluding hydrogens is 477 g/mol. The van der Waals surface area contributed by atoms with Crippen LogP contribution >= 0.6 is 12.4 Å². The first kappa shape index (κ1) is 25.7. The molecule has 0 saturated heterocycles. The van der Waals surface area contributed by atoms with E-state index in [0.717, 1.165) is 24.3 Å². The second-order valence-corrected chi connectivity index (χ2v) is 9.10. The van der Waals surface area contributed by atoms with Crippen molar-refractivity contribution in [2.75, 3.05) is 13.1 Å². The first-order chi connectivity index (χ1) is 17.0. The molecule has 5 rings (SSSR count). The Morgan fingerprint density at radius 2 is 1.78 bits per heavy atom. The molecule has 36 heavy (non-hydrogen) atoms. The Labute approximate surface area is 216 Å². The number of rotatable bonds is 7. The van der Waals surface area contributed by atoms with Crippen molar-refractivity contribution in [3.05, 3.63) is 112 Å². The van der Waals surface area contributed by atoms with E-state index in [9.17, 15) is 9.90 Å². The summed E-state index contributed by atoms with van der Waals surface area (Å²) < 4.78 is 21.3. The fourth-order valence-electron chi connectivity index (χ4n) is 5.24. The normalized spacial score (nSPS) is 16.6. The van der Waals surface area contributed by atoms with Crippen molar-refractivity contribution in [3.63, 3.8) is 0 Å². The monoisotopic (exact) mass is 505 g/mol.